The number of anilines is 1. The minimum atomic E-state index is -1.37. The molecule has 2 aromatic carbocycles. The molecule has 2 aromatic heterocycles. The number of pyridine rings is 1. The number of rotatable bonds is 5. The lowest BCUT2D eigenvalue weighted by atomic mass is 10.1. The molecular weight excluding hydrogens is 525 g/mol. The molecule has 0 aliphatic carbocycles. The molecule has 1 aliphatic rings. The Morgan fingerprint density at radius 2 is 1.92 bits per heavy atom. The number of halogens is 2. The topological polar surface area (TPSA) is 122 Å². The van der Waals surface area contributed by atoms with Crippen molar-refractivity contribution in [2.45, 2.75) is 13.5 Å². The van der Waals surface area contributed by atoms with E-state index in [0.717, 1.165) is 17.0 Å². The minimum Gasteiger partial charge on any atom is -0.477 e. The first-order valence-electron chi connectivity index (χ1n) is 12.2. The predicted molar refractivity (Wildman–Crippen MR) is 146 cm³/mol. The van der Waals surface area contributed by atoms with E-state index in [9.17, 15) is 24.8 Å². The summed E-state index contributed by atoms with van der Waals surface area (Å²) in [6.45, 7) is 3.31. The number of carboxylic acid groups (broad SMARTS) is 1. The van der Waals surface area contributed by atoms with Crippen molar-refractivity contribution in [3.8, 4) is 6.07 Å². The molecule has 0 unspecified atom stereocenters. The molecule has 5 rings (SSSR count). The second-order valence-electron chi connectivity index (χ2n) is 9.17. The molecule has 1 amide bonds. The van der Waals surface area contributed by atoms with Gasteiger partial charge in [-0.3, -0.25) is 9.59 Å². The van der Waals surface area contributed by atoms with E-state index < -0.39 is 28.7 Å². The highest BCUT2D eigenvalue weighted by atomic mass is 35.5. The standard InChI is InChI=1S/C28H23ClFN5O4/c1-2-33-15-21(28(38)39)26(36)20-11-22(30)25(12-24(20)33)34-5-7-35(8-6-34)27(37)16(13-31)9-17-14-32-23-4-3-18(29)10-19(17)23/h3-4,9-12,14-15,32H,2,5-8H2,1H3,(H,38,39)/b16-9+. The van der Waals surface area contributed by atoms with Gasteiger partial charge in [-0.1, -0.05) is 11.6 Å². The minimum absolute atomic E-state index is 0.00539. The number of aryl methyl sites for hydroxylation is 1. The van der Waals surface area contributed by atoms with Crippen molar-refractivity contribution in [3.63, 3.8) is 0 Å². The summed E-state index contributed by atoms with van der Waals surface area (Å²) in [5, 5.41) is 20.4. The quantitative estimate of drug-likeness (QED) is 0.284. The number of hydrogen-bond donors (Lipinski definition) is 2. The van der Waals surface area contributed by atoms with Crippen LogP contribution in [0.4, 0.5) is 10.1 Å². The Bertz CT molecular complexity index is 1780. The van der Waals surface area contributed by atoms with E-state index in [4.69, 9.17) is 11.6 Å². The van der Waals surface area contributed by atoms with E-state index in [0.29, 0.717) is 35.7 Å². The molecule has 0 atom stereocenters. The van der Waals surface area contributed by atoms with Crippen molar-refractivity contribution in [3.05, 3.63) is 80.5 Å². The van der Waals surface area contributed by atoms with Crippen LogP contribution < -0.4 is 10.3 Å². The van der Waals surface area contributed by atoms with Gasteiger partial charge in [-0.05, 0) is 43.3 Å². The summed E-state index contributed by atoms with van der Waals surface area (Å²) in [6.07, 6.45) is 4.51. The van der Waals surface area contributed by atoms with Crippen LogP contribution in [0.25, 0.3) is 27.9 Å². The summed E-state index contributed by atoms with van der Waals surface area (Å²) in [4.78, 5) is 43.7. The van der Waals surface area contributed by atoms with Crippen LogP contribution in [-0.2, 0) is 11.3 Å². The van der Waals surface area contributed by atoms with Gasteiger partial charge in [-0.2, -0.15) is 5.26 Å². The zero-order chi connectivity index (χ0) is 27.8. The summed E-state index contributed by atoms with van der Waals surface area (Å²) in [5.74, 6) is -2.44. The molecule has 11 heteroatoms. The molecule has 0 saturated carbocycles. The maximum absolute atomic E-state index is 15.2. The fourth-order valence-corrected chi connectivity index (χ4v) is 5.08. The Morgan fingerprint density at radius 3 is 2.59 bits per heavy atom. The Hall–Kier alpha value is -4.62. The van der Waals surface area contributed by atoms with Crippen molar-refractivity contribution in [1.29, 1.82) is 5.26 Å². The Morgan fingerprint density at radius 1 is 1.18 bits per heavy atom. The van der Waals surface area contributed by atoms with Gasteiger partial charge in [0.1, 0.15) is 23.0 Å². The lowest BCUT2D eigenvalue weighted by molar-refractivity contribution is -0.126. The van der Waals surface area contributed by atoms with E-state index in [1.54, 1.807) is 45.7 Å². The molecule has 198 valence electrons. The number of amides is 1. The van der Waals surface area contributed by atoms with Gasteiger partial charge in [-0.25, -0.2) is 9.18 Å². The number of fused-ring (bicyclic) bond motifs is 2. The number of benzene rings is 2. The average molecular weight is 548 g/mol. The predicted octanol–water partition coefficient (Wildman–Crippen LogP) is 4.25. The zero-order valence-corrected chi connectivity index (χ0v) is 21.6. The fourth-order valence-electron chi connectivity index (χ4n) is 4.91. The number of carboxylic acids is 1. The van der Waals surface area contributed by atoms with Crippen LogP contribution in [-0.4, -0.2) is 57.6 Å². The molecule has 0 spiro atoms. The fraction of sp³-hybridized carbons (Fsp3) is 0.214. The van der Waals surface area contributed by atoms with Gasteiger partial charge in [0.25, 0.3) is 5.91 Å². The maximum atomic E-state index is 15.2. The highest BCUT2D eigenvalue weighted by molar-refractivity contribution is 6.31. The first-order valence-corrected chi connectivity index (χ1v) is 12.6. The van der Waals surface area contributed by atoms with Crippen molar-refractivity contribution in [2.24, 2.45) is 0 Å². The van der Waals surface area contributed by atoms with Gasteiger partial charge < -0.3 is 24.5 Å². The summed E-state index contributed by atoms with van der Waals surface area (Å²) in [6, 6.07) is 9.94. The molecule has 1 aliphatic heterocycles. The second kappa shape index (κ2) is 10.3. The number of H-pyrrole nitrogens is 1. The van der Waals surface area contributed by atoms with Gasteiger partial charge in [0.05, 0.1) is 11.2 Å². The largest absolute Gasteiger partial charge is 0.477 e. The monoisotopic (exact) mass is 547 g/mol. The summed E-state index contributed by atoms with van der Waals surface area (Å²) < 4.78 is 16.8. The smallest absolute Gasteiger partial charge is 0.341 e. The number of piperazine rings is 1. The first kappa shape index (κ1) is 26.0. The number of hydrogen-bond acceptors (Lipinski definition) is 5. The summed E-state index contributed by atoms with van der Waals surface area (Å²) in [5.41, 5.74) is 0.998. The van der Waals surface area contributed by atoms with Gasteiger partial charge in [0.2, 0.25) is 5.43 Å². The number of carbonyl (C=O) groups excluding carboxylic acids is 1. The zero-order valence-electron chi connectivity index (χ0n) is 20.9. The molecule has 4 aromatic rings. The van der Waals surface area contributed by atoms with E-state index >= 15 is 4.39 Å². The molecular formula is C28H23ClFN5O4. The van der Waals surface area contributed by atoms with E-state index in [2.05, 4.69) is 4.98 Å². The maximum Gasteiger partial charge on any atom is 0.341 e. The van der Waals surface area contributed by atoms with Crippen LogP contribution in [0.3, 0.4) is 0 Å². The van der Waals surface area contributed by atoms with Crippen LogP contribution in [0.2, 0.25) is 5.02 Å². The molecule has 0 bridgehead atoms. The number of nitrogens with zero attached hydrogens (tertiary/aromatic N) is 4. The molecule has 2 N–H and O–H groups in total. The third kappa shape index (κ3) is 4.73. The lowest BCUT2D eigenvalue weighted by Crippen LogP contribution is -2.49. The SMILES string of the molecule is CCn1cc(C(=O)O)c(=O)c2cc(F)c(N3CCN(C(=O)/C(C#N)=C/c4c[nH]c5ccc(Cl)cc45)CC3)cc21. The van der Waals surface area contributed by atoms with E-state index in [-0.39, 0.29) is 29.7 Å². The molecule has 0 radical (unpaired) electrons. The molecule has 1 fully saturated rings. The van der Waals surface area contributed by atoms with E-state index in [1.165, 1.54) is 12.3 Å². The number of aromatic nitrogens is 2. The number of aromatic amines is 1. The molecule has 9 nitrogen and oxygen atoms in total. The third-order valence-electron chi connectivity index (χ3n) is 6.95. The molecule has 39 heavy (non-hydrogen) atoms. The first-order chi connectivity index (χ1) is 18.7. The van der Waals surface area contributed by atoms with E-state index in [1.807, 2.05) is 12.1 Å². The van der Waals surface area contributed by atoms with Crippen LogP contribution in [0.5, 0.6) is 0 Å². The van der Waals surface area contributed by atoms with Crippen LogP contribution in [0, 0.1) is 17.1 Å². The van der Waals surface area contributed by atoms with Gasteiger partial charge >= 0.3 is 5.97 Å². The van der Waals surface area contributed by atoms with Crippen LogP contribution in [0.15, 0.2) is 53.1 Å². The van der Waals surface area contributed by atoms with Crippen LogP contribution in [0.1, 0.15) is 22.8 Å². The van der Waals surface area contributed by atoms with Gasteiger partial charge in [-0.15, -0.1) is 0 Å². The lowest BCUT2D eigenvalue weighted by Gasteiger charge is -2.36. The average Bonchev–Trinajstić information content (AvgIpc) is 3.33. The highest BCUT2D eigenvalue weighted by Gasteiger charge is 2.26. The number of aromatic carboxylic acids is 1. The van der Waals surface area contributed by atoms with Crippen molar-refractivity contribution < 1.29 is 19.1 Å². The molecule has 3 heterocycles. The second-order valence-corrected chi connectivity index (χ2v) is 9.60. The van der Waals surface area contributed by atoms with Gasteiger partial charge in [0, 0.05) is 72.0 Å². The number of carbonyl (C=O) groups is 2. The summed E-state index contributed by atoms with van der Waals surface area (Å²) in [7, 11) is 0. The normalized spacial score (nSPS) is 14.2. The van der Waals surface area contributed by atoms with Crippen molar-refractivity contribution >= 4 is 57.0 Å². The molecule has 1 saturated heterocycles. The highest BCUT2D eigenvalue weighted by Crippen LogP contribution is 2.28. The number of nitrogens with one attached hydrogen (secondary N) is 1. The van der Waals surface area contributed by atoms with Crippen molar-refractivity contribution in [2.75, 3.05) is 31.1 Å². The van der Waals surface area contributed by atoms with Crippen LogP contribution >= 0.6 is 11.6 Å². The Labute approximate surface area is 226 Å². The third-order valence-corrected chi connectivity index (χ3v) is 7.19. The summed E-state index contributed by atoms with van der Waals surface area (Å²) >= 11 is 6.11. The van der Waals surface area contributed by atoms with Crippen molar-refractivity contribution in [1.82, 2.24) is 14.5 Å². The Balaban J connectivity index is 1.38. The Kier molecular flexibility index (Phi) is 6.85. The number of nitriles is 1. The van der Waals surface area contributed by atoms with Gasteiger partial charge in [0.15, 0.2) is 0 Å².